The lowest BCUT2D eigenvalue weighted by atomic mass is 9.98. The van der Waals surface area contributed by atoms with E-state index >= 15 is 0 Å². The zero-order valence-electron chi connectivity index (χ0n) is 12.9. The van der Waals surface area contributed by atoms with E-state index in [0.717, 1.165) is 0 Å². The Kier molecular flexibility index (Phi) is 4.52. The van der Waals surface area contributed by atoms with Gasteiger partial charge in [0.15, 0.2) is 11.6 Å². The topological polar surface area (TPSA) is 0 Å². The van der Waals surface area contributed by atoms with Crippen molar-refractivity contribution in [3.8, 4) is 22.3 Å². The molecule has 0 fully saturated rings. The molecule has 0 nitrogen and oxygen atoms in total. The highest BCUT2D eigenvalue weighted by atomic mass is 19.2. The second-order valence-corrected chi connectivity index (χ2v) is 5.45. The SMILES string of the molecule is C=CCc1ccc(-c2ccc(-c3ccccc3F)cc2)c(F)c1F. The molecule has 24 heavy (non-hydrogen) atoms. The Morgan fingerprint density at radius 1 is 0.708 bits per heavy atom. The van der Waals surface area contributed by atoms with Crippen molar-refractivity contribution in [2.75, 3.05) is 0 Å². The van der Waals surface area contributed by atoms with Crippen molar-refractivity contribution in [3.05, 3.63) is 96.3 Å². The van der Waals surface area contributed by atoms with Gasteiger partial charge in [0, 0.05) is 11.1 Å². The van der Waals surface area contributed by atoms with E-state index < -0.39 is 11.6 Å². The molecule has 120 valence electrons. The summed E-state index contributed by atoms with van der Waals surface area (Å²) in [6.45, 7) is 3.53. The van der Waals surface area contributed by atoms with Crippen LogP contribution < -0.4 is 0 Å². The third-order valence-electron chi connectivity index (χ3n) is 3.91. The van der Waals surface area contributed by atoms with Gasteiger partial charge in [-0.1, -0.05) is 60.7 Å². The van der Waals surface area contributed by atoms with Crippen LogP contribution in [0.1, 0.15) is 5.56 Å². The minimum atomic E-state index is -0.881. The van der Waals surface area contributed by atoms with Crippen molar-refractivity contribution in [3.63, 3.8) is 0 Å². The molecule has 3 rings (SSSR count). The Labute approximate surface area is 138 Å². The standard InChI is InChI=1S/C21H15F3/c1-2-5-16-12-13-18(21(24)20(16)23)15-10-8-14(9-11-15)17-6-3-4-7-19(17)22/h2-4,6-13H,1,5H2. The lowest BCUT2D eigenvalue weighted by molar-refractivity contribution is 0.503. The third kappa shape index (κ3) is 2.98. The van der Waals surface area contributed by atoms with Gasteiger partial charge in [-0.2, -0.15) is 0 Å². The van der Waals surface area contributed by atoms with Gasteiger partial charge in [-0.05, 0) is 29.2 Å². The maximum atomic E-state index is 14.3. The largest absolute Gasteiger partial charge is 0.206 e. The highest BCUT2D eigenvalue weighted by molar-refractivity contribution is 5.71. The molecular formula is C21H15F3. The molecule has 0 bridgehead atoms. The van der Waals surface area contributed by atoms with Gasteiger partial charge < -0.3 is 0 Å². The summed E-state index contributed by atoms with van der Waals surface area (Å²) in [7, 11) is 0. The number of hydrogen-bond donors (Lipinski definition) is 0. The molecule has 0 N–H and O–H groups in total. The van der Waals surface area contributed by atoms with Crippen LogP contribution in [-0.2, 0) is 6.42 Å². The molecule has 0 spiro atoms. The molecular weight excluding hydrogens is 309 g/mol. The van der Waals surface area contributed by atoms with Crippen LogP contribution in [0.4, 0.5) is 13.2 Å². The number of allylic oxidation sites excluding steroid dienone is 1. The van der Waals surface area contributed by atoms with Gasteiger partial charge in [0.05, 0.1) is 0 Å². The van der Waals surface area contributed by atoms with Crippen LogP contribution in [-0.4, -0.2) is 0 Å². The second kappa shape index (κ2) is 6.75. The quantitative estimate of drug-likeness (QED) is 0.504. The minimum absolute atomic E-state index is 0.181. The lowest BCUT2D eigenvalue weighted by Gasteiger charge is -2.09. The Hall–Kier alpha value is -2.81. The van der Waals surface area contributed by atoms with Crippen molar-refractivity contribution in [2.45, 2.75) is 6.42 Å². The zero-order valence-corrected chi connectivity index (χ0v) is 12.9. The fourth-order valence-corrected chi connectivity index (χ4v) is 2.65. The molecule has 0 saturated heterocycles. The van der Waals surface area contributed by atoms with E-state index in [1.54, 1.807) is 54.6 Å². The first-order valence-electron chi connectivity index (χ1n) is 7.55. The average molecular weight is 324 g/mol. The molecule has 0 radical (unpaired) electrons. The van der Waals surface area contributed by atoms with Crippen LogP contribution in [0.15, 0.2) is 73.3 Å². The molecule has 3 heteroatoms. The Morgan fingerprint density at radius 2 is 1.33 bits per heavy atom. The molecule has 0 aromatic heterocycles. The monoisotopic (exact) mass is 324 g/mol. The normalized spacial score (nSPS) is 10.6. The predicted octanol–water partition coefficient (Wildman–Crippen LogP) is 6.17. The Morgan fingerprint density at radius 3 is 1.96 bits per heavy atom. The predicted molar refractivity (Wildman–Crippen MR) is 91.1 cm³/mol. The van der Waals surface area contributed by atoms with Crippen LogP contribution >= 0.6 is 0 Å². The van der Waals surface area contributed by atoms with Crippen LogP contribution in [0.5, 0.6) is 0 Å². The molecule has 0 unspecified atom stereocenters. The van der Waals surface area contributed by atoms with E-state index in [1.165, 1.54) is 12.1 Å². The van der Waals surface area contributed by atoms with Crippen molar-refractivity contribution in [2.24, 2.45) is 0 Å². The van der Waals surface area contributed by atoms with Crippen LogP contribution in [0.3, 0.4) is 0 Å². The summed E-state index contributed by atoms with van der Waals surface area (Å²) in [5.41, 5.74) is 2.14. The Balaban J connectivity index is 1.99. The lowest BCUT2D eigenvalue weighted by Crippen LogP contribution is -1.96. The highest BCUT2D eigenvalue weighted by Gasteiger charge is 2.14. The summed E-state index contributed by atoms with van der Waals surface area (Å²) < 4.78 is 42.2. The molecule has 0 heterocycles. The fourth-order valence-electron chi connectivity index (χ4n) is 2.65. The summed E-state index contributed by atoms with van der Waals surface area (Å²) in [5, 5.41) is 0. The molecule has 0 aliphatic rings. The van der Waals surface area contributed by atoms with Crippen LogP contribution in [0, 0.1) is 17.5 Å². The first kappa shape index (κ1) is 16.1. The molecule has 0 amide bonds. The van der Waals surface area contributed by atoms with Crippen molar-refractivity contribution in [1.82, 2.24) is 0 Å². The zero-order chi connectivity index (χ0) is 17.1. The summed E-state index contributed by atoms with van der Waals surface area (Å²) in [4.78, 5) is 0. The van der Waals surface area contributed by atoms with Crippen molar-refractivity contribution >= 4 is 0 Å². The maximum Gasteiger partial charge on any atom is 0.166 e. The van der Waals surface area contributed by atoms with Gasteiger partial charge >= 0.3 is 0 Å². The molecule has 3 aromatic rings. The van der Waals surface area contributed by atoms with Crippen LogP contribution in [0.2, 0.25) is 0 Å². The van der Waals surface area contributed by atoms with Gasteiger partial charge in [-0.15, -0.1) is 6.58 Å². The van der Waals surface area contributed by atoms with Crippen LogP contribution in [0.25, 0.3) is 22.3 Å². The van der Waals surface area contributed by atoms with E-state index in [-0.39, 0.29) is 23.4 Å². The van der Waals surface area contributed by atoms with Gasteiger partial charge in [0.1, 0.15) is 5.82 Å². The number of rotatable bonds is 4. The molecule has 0 atom stereocenters. The summed E-state index contributed by atoms with van der Waals surface area (Å²) >= 11 is 0. The smallest absolute Gasteiger partial charge is 0.166 e. The average Bonchev–Trinajstić information content (AvgIpc) is 2.60. The van der Waals surface area contributed by atoms with Gasteiger partial charge in [0.25, 0.3) is 0 Å². The number of halogens is 3. The highest BCUT2D eigenvalue weighted by Crippen LogP contribution is 2.29. The van der Waals surface area contributed by atoms with Crippen molar-refractivity contribution < 1.29 is 13.2 Å². The molecule has 0 saturated carbocycles. The first-order chi connectivity index (χ1) is 11.6. The number of benzene rings is 3. The van der Waals surface area contributed by atoms with E-state index in [4.69, 9.17) is 0 Å². The third-order valence-corrected chi connectivity index (χ3v) is 3.91. The van der Waals surface area contributed by atoms with Gasteiger partial charge in [-0.25, -0.2) is 13.2 Å². The number of hydrogen-bond acceptors (Lipinski definition) is 0. The summed E-state index contributed by atoms with van der Waals surface area (Å²) in [6, 6.07) is 16.3. The van der Waals surface area contributed by atoms with E-state index in [9.17, 15) is 13.2 Å². The molecule has 3 aromatic carbocycles. The summed E-state index contributed by atoms with van der Waals surface area (Å²) in [6.07, 6.45) is 1.80. The fraction of sp³-hybridized carbons (Fsp3) is 0.0476. The van der Waals surface area contributed by atoms with E-state index in [1.807, 2.05) is 0 Å². The summed E-state index contributed by atoms with van der Waals surface area (Å²) in [5.74, 6) is -2.06. The van der Waals surface area contributed by atoms with E-state index in [2.05, 4.69) is 6.58 Å². The van der Waals surface area contributed by atoms with Gasteiger partial charge in [-0.3, -0.25) is 0 Å². The Bertz CT molecular complexity index is 880. The van der Waals surface area contributed by atoms with Crippen molar-refractivity contribution in [1.29, 1.82) is 0 Å². The minimum Gasteiger partial charge on any atom is -0.206 e. The molecule has 0 aliphatic heterocycles. The maximum absolute atomic E-state index is 14.3. The molecule has 0 aliphatic carbocycles. The second-order valence-electron chi connectivity index (χ2n) is 5.45. The van der Waals surface area contributed by atoms with E-state index in [0.29, 0.717) is 16.7 Å². The van der Waals surface area contributed by atoms with Gasteiger partial charge in [0.2, 0.25) is 0 Å². The first-order valence-corrected chi connectivity index (χ1v) is 7.55.